The van der Waals surface area contributed by atoms with Gasteiger partial charge in [-0.3, -0.25) is 0 Å². The molecule has 1 aromatic rings. The number of halogens is 1. The van der Waals surface area contributed by atoms with E-state index in [4.69, 9.17) is 16.7 Å². The van der Waals surface area contributed by atoms with Crippen LogP contribution in [-0.2, 0) is 10.0 Å². The van der Waals surface area contributed by atoms with Gasteiger partial charge in [0.15, 0.2) is 0 Å². The molecule has 0 fully saturated rings. The number of aliphatic hydroxyl groups is 2. The third kappa shape index (κ3) is 3.90. The molecule has 1 atom stereocenters. The first kappa shape index (κ1) is 14.3. The van der Waals surface area contributed by atoms with Crippen molar-refractivity contribution in [2.45, 2.75) is 17.4 Å². The Bertz CT molecular complexity index is 490. The maximum atomic E-state index is 11.8. The van der Waals surface area contributed by atoms with E-state index < -0.39 is 22.2 Å². The number of rotatable bonds is 5. The van der Waals surface area contributed by atoms with Crippen LogP contribution in [0.2, 0.25) is 5.15 Å². The van der Waals surface area contributed by atoms with E-state index in [2.05, 4.69) is 9.71 Å². The average molecular weight is 281 g/mol. The van der Waals surface area contributed by atoms with Crippen LogP contribution in [0.25, 0.3) is 0 Å². The molecule has 0 bridgehead atoms. The molecule has 96 valence electrons. The molecule has 0 aliphatic rings. The van der Waals surface area contributed by atoms with Gasteiger partial charge in [-0.1, -0.05) is 11.6 Å². The molecule has 0 amide bonds. The molecule has 0 aliphatic heterocycles. The van der Waals surface area contributed by atoms with Crippen LogP contribution < -0.4 is 4.72 Å². The zero-order valence-electron chi connectivity index (χ0n) is 9.09. The van der Waals surface area contributed by atoms with Crippen LogP contribution in [0.4, 0.5) is 0 Å². The van der Waals surface area contributed by atoms with Crippen molar-refractivity contribution in [2.75, 3.05) is 13.2 Å². The third-order valence-electron chi connectivity index (χ3n) is 2.00. The smallest absolute Gasteiger partial charge is 0.243 e. The summed E-state index contributed by atoms with van der Waals surface area (Å²) in [6.45, 7) is 0.424. The van der Waals surface area contributed by atoms with Gasteiger partial charge >= 0.3 is 0 Å². The predicted molar refractivity (Wildman–Crippen MR) is 62.1 cm³/mol. The molecule has 1 rings (SSSR count). The van der Waals surface area contributed by atoms with E-state index in [1.807, 2.05) is 0 Å². The van der Waals surface area contributed by atoms with Crippen molar-refractivity contribution >= 4 is 21.6 Å². The molecule has 8 heteroatoms. The molecular formula is C9H13ClN2O4S. The van der Waals surface area contributed by atoms with Gasteiger partial charge in [0.1, 0.15) is 10.0 Å². The number of hydrogen-bond acceptors (Lipinski definition) is 5. The minimum Gasteiger partial charge on any atom is -0.393 e. The molecule has 1 heterocycles. The summed E-state index contributed by atoms with van der Waals surface area (Å²) in [6.07, 6.45) is 1.37. The molecular weight excluding hydrogens is 268 g/mol. The van der Waals surface area contributed by atoms with Gasteiger partial charge in [0.05, 0.1) is 12.2 Å². The molecule has 6 nitrogen and oxygen atoms in total. The van der Waals surface area contributed by atoms with Crippen LogP contribution in [0.3, 0.4) is 0 Å². The molecule has 3 N–H and O–H groups in total. The highest BCUT2D eigenvalue weighted by Crippen LogP contribution is 2.17. The van der Waals surface area contributed by atoms with E-state index in [9.17, 15) is 13.5 Å². The SMILES string of the molecule is CC(O)(CO)CNS(=O)(=O)c1cccnc1Cl. The van der Waals surface area contributed by atoms with Gasteiger partial charge in [0.2, 0.25) is 10.0 Å². The van der Waals surface area contributed by atoms with E-state index in [0.29, 0.717) is 0 Å². The zero-order chi connectivity index (χ0) is 13.1. The Hall–Kier alpha value is -0.730. The molecule has 0 spiro atoms. The summed E-state index contributed by atoms with van der Waals surface area (Å²) in [4.78, 5) is 3.47. The maximum Gasteiger partial charge on any atom is 0.243 e. The summed E-state index contributed by atoms with van der Waals surface area (Å²) in [5, 5.41) is 18.1. The second-order valence-corrected chi connectivity index (χ2v) is 5.87. The number of pyridine rings is 1. The number of aromatic nitrogens is 1. The highest BCUT2D eigenvalue weighted by atomic mass is 35.5. The molecule has 1 aromatic heterocycles. The lowest BCUT2D eigenvalue weighted by atomic mass is 10.1. The lowest BCUT2D eigenvalue weighted by Gasteiger charge is -2.20. The first-order chi connectivity index (χ1) is 7.78. The predicted octanol–water partition coefficient (Wildman–Crippen LogP) is -0.243. The summed E-state index contributed by atoms with van der Waals surface area (Å²) in [7, 11) is -3.85. The molecule has 17 heavy (non-hydrogen) atoms. The van der Waals surface area contributed by atoms with E-state index in [-0.39, 0.29) is 16.6 Å². The third-order valence-corrected chi connectivity index (χ3v) is 3.84. The van der Waals surface area contributed by atoms with Gasteiger partial charge in [0, 0.05) is 12.7 Å². The highest BCUT2D eigenvalue weighted by Gasteiger charge is 2.24. The minimum absolute atomic E-state index is 0.149. The lowest BCUT2D eigenvalue weighted by molar-refractivity contribution is 0.00681. The van der Waals surface area contributed by atoms with Crippen molar-refractivity contribution in [1.82, 2.24) is 9.71 Å². The van der Waals surface area contributed by atoms with Crippen LogP contribution in [0.5, 0.6) is 0 Å². The van der Waals surface area contributed by atoms with Crippen LogP contribution >= 0.6 is 11.6 Å². The van der Waals surface area contributed by atoms with E-state index in [1.165, 1.54) is 25.3 Å². The molecule has 0 aromatic carbocycles. The lowest BCUT2D eigenvalue weighted by Crippen LogP contribution is -2.43. The Kier molecular flexibility index (Phi) is 4.45. The minimum atomic E-state index is -3.85. The van der Waals surface area contributed by atoms with E-state index in [1.54, 1.807) is 0 Å². The Labute approximate surface area is 104 Å². The first-order valence-corrected chi connectivity index (χ1v) is 6.58. The maximum absolute atomic E-state index is 11.8. The Morgan fingerprint density at radius 1 is 1.59 bits per heavy atom. The molecule has 0 aliphatic carbocycles. The quantitative estimate of drug-likeness (QED) is 0.646. The van der Waals surface area contributed by atoms with Crippen molar-refractivity contribution in [3.8, 4) is 0 Å². The Morgan fingerprint density at radius 3 is 2.76 bits per heavy atom. The van der Waals surface area contributed by atoms with Gasteiger partial charge in [-0.25, -0.2) is 18.1 Å². The number of nitrogens with one attached hydrogen (secondary N) is 1. The van der Waals surface area contributed by atoms with E-state index >= 15 is 0 Å². The van der Waals surface area contributed by atoms with Crippen molar-refractivity contribution in [1.29, 1.82) is 0 Å². The fraction of sp³-hybridized carbons (Fsp3) is 0.444. The topological polar surface area (TPSA) is 99.5 Å². The van der Waals surface area contributed by atoms with Crippen LogP contribution in [0.1, 0.15) is 6.92 Å². The highest BCUT2D eigenvalue weighted by molar-refractivity contribution is 7.89. The van der Waals surface area contributed by atoms with Gasteiger partial charge < -0.3 is 10.2 Å². The summed E-state index contributed by atoms with van der Waals surface area (Å²) in [6, 6.07) is 2.73. The van der Waals surface area contributed by atoms with Crippen LogP contribution in [-0.4, -0.2) is 42.4 Å². The second-order valence-electron chi connectivity index (χ2n) is 3.77. The van der Waals surface area contributed by atoms with Gasteiger partial charge in [-0.15, -0.1) is 0 Å². The number of nitrogens with zero attached hydrogens (tertiary/aromatic N) is 1. The summed E-state index contributed by atoms with van der Waals surface area (Å²) in [5.74, 6) is 0. The fourth-order valence-electron chi connectivity index (χ4n) is 0.956. The van der Waals surface area contributed by atoms with Gasteiger partial charge in [0.25, 0.3) is 0 Å². The van der Waals surface area contributed by atoms with Crippen molar-refractivity contribution in [3.63, 3.8) is 0 Å². The fourth-order valence-corrected chi connectivity index (χ4v) is 2.57. The number of aliphatic hydroxyl groups excluding tert-OH is 1. The van der Waals surface area contributed by atoms with Gasteiger partial charge in [-0.2, -0.15) is 0 Å². The average Bonchev–Trinajstić information content (AvgIpc) is 2.27. The number of sulfonamides is 1. The Balaban J connectivity index is 2.88. The monoisotopic (exact) mass is 280 g/mol. The normalized spacial score (nSPS) is 15.5. The molecule has 0 saturated carbocycles. The van der Waals surface area contributed by atoms with Crippen LogP contribution in [0.15, 0.2) is 23.2 Å². The van der Waals surface area contributed by atoms with Crippen molar-refractivity contribution in [3.05, 3.63) is 23.5 Å². The molecule has 0 radical (unpaired) electrons. The number of hydrogen-bond donors (Lipinski definition) is 3. The van der Waals surface area contributed by atoms with Crippen molar-refractivity contribution < 1.29 is 18.6 Å². The van der Waals surface area contributed by atoms with Crippen molar-refractivity contribution in [2.24, 2.45) is 0 Å². The van der Waals surface area contributed by atoms with Gasteiger partial charge in [-0.05, 0) is 19.1 Å². The zero-order valence-corrected chi connectivity index (χ0v) is 10.7. The van der Waals surface area contributed by atoms with Crippen LogP contribution in [0, 0.1) is 0 Å². The molecule has 0 saturated heterocycles. The largest absolute Gasteiger partial charge is 0.393 e. The standard InChI is InChI=1S/C9H13ClN2O4S/c1-9(14,6-13)5-12-17(15,16)7-3-2-4-11-8(7)10/h2-4,12-14H,5-6H2,1H3. The summed E-state index contributed by atoms with van der Waals surface area (Å²) < 4.78 is 25.7. The summed E-state index contributed by atoms with van der Waals surface area (Å²) >= 11 is 5.65. The Morgan fingerprint density at radius 2 is 2.24 bits per heavy atom. The first-order valence-electron chi connectivity index (χ1n) is 4.72. The summed E-state index contributed by atoms with van der Waals surface area (Å²) in [5.41, 5.74) is -1.53. The second kappa shape index (κ2) is 5.28. The molecule has 1 unspecified atom stereocenters. The van der Waals surface area contributed by atoms with E-state index in [0.717, 1.165) is 0 Å².